The molecule has 0 bridgehead atoms. The number of hydrogen-bond acceptors (Lipinski definition) is 4. The molecule has 1 aliphatic heterocycles. The molecule has 6 nitrogen and oxygen atoms in total. The minimum Gasteiger partial charge on any atom is -0.369 e. The van der Waals surface area contributed by atoms with Gasteiger partial charge in [-0.2, -0.15) is 0 Å². The van der Waals surface area contributed by atoms with Crippen LogP contribution in [0.1, 0.15) is 25.6 Å². The Bertz CT molecular complexity index is 990. The Hall–Kier alpha value is -2.86. The molecule has 2 aromatic carbocycles. The second-order valence-corrected chi connectivity index (χ2v) is 8.00. The van der Waals surface area contributed by atoms with E-state index < -0.39 is 0 Å². The Labute approximate surface area is 178 Å². The van der Waals surface area contributed by atoms with E-state index in [4.69, 9.17) is 4.98 Å². The van der Waals surface area contributed by atoms with E-state index in [1.54, 1.807) is 0 Å². The molecular formula is C24H31N5O. The number of carbonyl (C=O) groups is 1. The summed E-state index contributed by atoms with van der Waals surface area (Å²) in [6.07, 6.45) is 2.32. The Kier molecular flexibility index (Phi) is 6.33. The second kappa shape index (κ2) is 9.30. The number of aryl methyl sites for hydroxylation is 1. The summed E-state index contributed by atoms with van der Waals surface area (Å²) in [5, 5.41) is 2.96. The standard InChI is InChI=1S/C24H31N5O/c1-3-7-24(30)25-19-10-11-22-21(18-19)26-23(27(22)2)12-13-28-14-16-29(17-15-28)20-8-5-4-6-9-20/h4-6,8-11,18H,3,7,12-17H2,1-2H3,(H,25,30). The van der Waals surface area contributed by atoms with Gasteiger partial charge in [0.25, 0.3) is 0 Å². The van der Waals surface area contributed by atoms with E-state index in [1.165, 1.54) is 5.69 Å². The number of carbonyl (C=O) groups excluding carboxylic acids is 1. The Morgan fingerprint density at radius 2 is 1.83 bits per heavy atom. The fourth-order valence-electron chi connectivity index (χ4n) is 4.13. The molecule has 1 N–H and O–H groups in total. The number of amides is 1. The SMILES string of the molecule is CCCC(=O)Nc1ccc2c(c1)nc(CCN1CCN(c3ccccc3)CC1)n2C. The fourth-order valence-corrected chi connectivity index (χ4v) is 4.13. The molecule has 0 saturated carbocycles. The molecule has 3 aromatic rings. The summed E-state index contributed by atoms with van der Waals surface area (Å²) < 4.78 is 2.17. The van der Waals surface area contributed by atoms with Crippen molar-refractivity contribution in [2.45, 2.75) is 26.2 Å². The van der Waals surface area contributed by atoms with Crippen molar-refractivity contribution in [1.82, 2.24) is 14.5 Å². The number of rotatable bonds is 7. The summed E-state index contributed by atoms with van der Waals surface area (Å²) in [6.45, 7) is 7.30. The molecule has 30 heavy (non-hydrogen) atoms. The van der Waals surface area contributed by atoms with Crippen LogP contribution in [0.3, 0.4) is 0 Å². The lowest BCUT2D eigenvalue weighted by atomic mass is 10.2. The predicted molar refractivity (Wildman–Crippen MR) is 123 cm³/mol. The van der Waals surface area contributed by atoms with Crippen LogP contribution in [0.15, 0.2) is 48.5 Å². The highest BCUT2D eigenvalue weighted by molar-refractivity contribution is 5.93. The monoisotopic (exact) mass is 405 g/mol. The van der Waals surface area contributed by atoms with Crippen LogP contribution < -0.4 is 10.2 Å². The topological polar surface area (TPSA) is 53.4 Å². The Morgan fingerprint density at radius 1 is 1.07 bits per heavy atom. The van der Waals surface area contributed by atoms with E-state index in [1.807, 2.05) is 25.1 Å². The summed E-state index contributed by atoms with van der Waals surface area (Å²) >= 11 is 0. The van der Waals surface area contributed by atoms with Crippen molar-refractivity contribution in [3.05, 3.63) is 54.4 Å². The van der Waals surface area contributed by atoms with Gasteiger partial charge in [0.1, 0.15) is 5.82 Å². The first kappa shape index (κ1) is 20.4. The van der Waals surface area contributed by atoms with E-state index >= 15 is 0 Å². The van der Waals surface area contributed by atoms with Crippen LogP contribution in [0, 0.1) is 0 Å². The van der Waals surface area contributed by atoms with Crippen LogP contribution in [0.2, 0.25) is 0 Å². The predicted octanol–water partition coefficient (Wildman–Crippen LogP) is 3.68. The molecule has 158 valence electrons. The highest BCUT2D eigenvalue weighted by atomic mass is 16.1. The minimum absolute atomic E-state index is 0.0580. The number of nitrogens with one attached hydrogen (secondary N) is 1. The lowest BCUT2D eigenvalue weighted by Crippen LogP contribution is -2.47. The van der Waals surface area contributed by atoms with Crippen LogP contribution in [-0.4, -0.2) is 53.1 Å². The smallest absolute Gasteiger partial charge is 0.224 e. The van der Waals surface area contributed by atoms with Crippen molar-refractivity contribution >= 4 is 28.3 Å². The van der Waals surface area contributed by atoms with Crippen LogP contribution >= 0.6 is 0 Å². The van der Waals surface area contributed by atoms with Gasteiger partial charge in [0.05, 0.1) is 11.0 Å². The first-order valence-corrected chi connectivity index (χ1v) is 10.9. The van der Waals surface area contributed by atoms with Crippen LogP contribution in [0.5, 0.6) is 0 Å². The summed E-state index contributed by atoms with van der Waals surface area (Å²) in [4.78, 5) is 21.7. The number of piperazine rings is 1. The molecule has 1 fully saturated rings. The van der Waals surface area contributed by atoms with Gasteiger partial charge >= 0.3 is 0 Å². The van der Waals surface area contributed by atoms with Gasteiger partial charge in [-0.15, -0.1) is 0 Å². The van der Waals surface area contributed by atoms with Crippen molar-refractivity contribution < 1.29 is 4.79 Å². The highest BCUT2D eigenvalue weighted by Gasteiger charge is 2.18. The zero-order valence-electron chi connectivity index (χ0n) is 18.0. The zero-order valence-corrected chi connectivity index (χ0v) is 18.0. The van der Waals surface area contributed by atoms with Gasteiger partial charge in [0, 0.05) is 64.0 Å². The average molecular weight is 406 g/mol. The average Bonchev–Trinajstić information content (AvgIpc) is 3.08. The van der Waals surface area contributed by atoms with Crippen LogP contribution in [-0.2, 0) is 18.3 Å². The van der Waals surface area contributed by atoms with Crippen molar-refractivity contribution in [3.63, 3.8) is 0 Å². The third-order valence-corrected chi connectivity index (χ3v) is 5.88. The Balaban J connectivity index is 1.35. The summed E-state index contributed by atoms with van der Waals surface area (Å²) in [5.74, 6) is 1.15. The Morgan fingerprint density at radius 3 is 2.57 bits per heavy atom. The molecule has 2 heterocycles. The quantitative estimate of drug-likeness (QED) is 0.652. The van der Waals surface area contributed by atoms with E-state index in [9.17, 15) is 4.79 Å². The van der Waals surface area contributed by atoms with E-state index in [2.05, 4.69) is 57.1 Å². The molecule has 4 rings (SSSR count). The lowest BCUT2D eigenvalue weighted by molar-refractivity contribution is -0.116. The maximum absolute atomic E-state index is 11.9. The third-order valence-electron chi connectivity index (χ3n) is 5.88. The normalized spacial score (nSPS) is 14.9. The van der Waals surface area contributed by atoms with Gasteiger partial charge in [-0.3, -0.25) is 9.69 Å². The molecule has 0 aliphatic carbocycles. The van der Waals surface area contributed by atoms with Gasteiger partial charge in [-0.25, -0.2) is 4.98 Å². The molecule has 0 atom stereocenters. The number of para-hydroxylation sites is 1. The molecule has 0 radical (unpaired) electrons. The number of fused-ring (bicyclic) bond motifs is 1. The lowest BCUT2D eigenvalue weighted by Gasteiger charge is -2.36. The van der Waals surface area contributed by atoms with Crippen molar-refractivity contribution in [3.8, 4) is 0 Å². The highest BCUT2D eigenvalue weighted by Crippen LogP contribution is 2.21. The van der Waals surface area contributed by atoms with E-state index in [0.29, 0.717) is 6.42 Å². The van der Waals surface area contributed by atoms with E-state index in [0.717, 1.165) is 68.1 Å². The summed E-state index contributed by atoms with van der Waals surface area (Å²) in [5.41, 5.74) is 4.18. The van der Waals surface area contributed by atoms with Crippen molar-refractivity contribution in [2.75, 3.05) is 42.9 Å². The number of hydrogen-bond donors (Lipinski definition) is 1. The van der Waals surface area contributed by atoms with Gasteiger partial charge < -0.3 is 14.8 Å². The minimum atomic E-state index is 0.0580. The summed E-state index contributed by atoms with van der Waals surface area (Å²) in [7, 11) is 2.08. The molecule has 1 aliphatic rings. The molecule has 6 heteroatoms. The fraction of sp³-hybridized carbons (Fsp3) is 0.417. The number of nitrogens with zero attached hydrogens (tertiary/aromatic N) is 4. The second-order valence-electron chi connectivity index (χ2n) is 8.00. The molecule has 1 aromatic heterocycles. The van der Waals surface area contributed by atoms with Gasteiger partial charge in [-0.1, -0.05) is 25.1 Å². The van der Waals surface area contributed by atoms with Crippen LogP contribution in [0.25, 0.3) is 11.0 Å². The summed E-state index contributed by atoms with van der Waals surface area (Å²) in [6, 6.07) is 16.6. The number of aromatic nitrogens is 2. The maximum Gasteiger partial charge on any atom is 0.224 e. The molecule has 1 saturated heterocycles. The van der Waals surface area contributed by atoms with Gasteiger partial charge in [-0.05, 0) is 36.8 Å². The van der Waals surface area contributed by atoms with Crippen LogP contribution in [0.4, 0.5) is 11.4 Å². The maximum atomic E-state index is 11.9. The van der Waals surface area contributed by atoms with E-state index in [-0.39, 0.29) is 5.91 Å². The molecular weight excluding hydrogens is 374 g/mol. The molecule has 0 unspecified atom stereocenters. The molecule has 1 amide bonds. The first-order valence-electron chi connectivity index (χ1n) is 10.9. The molecule has 0 spiro atoms. The van der Waals surface area contributed by atoms with Crippen molar-refractivity contribution in [1.29, 1.82) is 0 Å². The number of anilines is 2. The van der Waals surface area contributed by atoms with Gasteiger partial charge in [0.2, 0.25) is 5.91 Å². The number of benzene rings is 2. The third kappa shape index (κ3) is 4.65. The number of imidazole rings is 1. The van der Waals surface area contributed by atoms with Crippen molar-refractivity contribution in [2.24, 2.45) is 7.05 Å². The zero-order chi connectivity index (χ0) is 20.9. The van der Waals surface area contributed by atoms with Gasteiger partial charge in [0.15, 0.2) is 0 Å². The first-order chi connectivity index (χ1) is 14.6. The largest absolute Gasteiger partial charge is 0.369 e.